The molecule has 0 radical (unpaired) electrons. The van der Waals surface area contributed by atoms with Gasteiger partial charge >= 0.3 is 5.97 Å². The van der Waals surface area contributed by atoms with Crippen LogP contribution in [0, 0.1) is 5.92 Å². The molecule has 18 heavy (non-hydrogen) atoms. The van der Waals surface area contributed by atoms with E-state index in [1.54, 1.807) is 0 Å². The summed E-state index contributed by atoms with van der Waals surface area (Å²) in [7, 11) is 0. The van der Waals surface area contributed by atoms with Gasteiger partial charge in [-0.2, -0.15) is 0 Å². The van der Waals surface area contributed by atoms with E-state index in [0.717, 1.165) is 19.3 Å². The van der Waals surface area contributed by atoms with Crippen LogP contribution in [0.3, 0.4) is 0 Å². The van der Waals surface area contributed by atoms with Crippen LogP contribution in [0.1, 0.15) is 53.9 Å². The molecule has 3 heteroatoms. The first-order valence-electron chi connectivity index (χ1n) is 6.87. The number of hydrogen-bond acceptors (Lipinski definition) is 3. The first-order valence-corrected chi connectivity index (χ1v) is 6.87. The number of carbonyl (C=O) groups excluding carboxylic acids is 1. The molecule has 1 fully saturated rings. The van der Waals surface area contributed by atoms with E-state index in [0.29, 0.717) is 6.61 Å². The number of ether oxygens (including phenoxy) is 2. The second kappa shape index (κ2) is 6.37. The number of rotatable bonds is 7. The van der Waals surface area contributed by atoms with Crippen molar-refractivity contribution in [2.75, 3.05) is 6.61 Å². The summed E-state index contributed by atoms with van der Waals surface area (Å²) in [5.41, 5.74) is 0.784. The summed E-state index contributed by atoms with van der Waals surface area (Å²) in [6.07, 6.45) is 5.19. The lowest BCUT2D eigenvalue weighted by atomic mass is 10.1. The second-order valence-corrected chi connectivity index (χ2v) is 5.76. The number of carbonyl (C=O) groups is 1. The van der Waals surface area contributed by atoms with E-state index in [1.165, 1.54) is 5.57 Å². The van der Waals surface area contributed by atoms with Gasteiger partial charge in [0.1, 0.15) is 6.61 Å². The molecular formula is C15H26O3. The Labute approximate surface area is 111 Å². The van der Waals surface area contributed by atoms with Gasteiger partial charge in [-0.25, -0.2) is 0 Å². The molecule has 0 saturated heterocycles. The molecule has 0 N–H and O–H groups in total. The van der Waals surface area contributed by atoms with Gasteiger partial charge in [-0.15, -0.1) is 0 Å². The second-order valence-electron chi connectivity index (χ2n) is 5.76. The van der Waals surface area contributed by atoms with Crippen molar-refractivity contribution in [3.05, 3.63) is 11.6 Å². The maximum Gasteiger partial charge on any atom is 0.309 e. The maximum absolute atomic E-state index is 11.5. The largest absolute Gasteiger partial charge is 0.462 e. The van der Waals surface area contributed by atoms with Crippen molar-refractivity contribution in [3.63, 3.8) is 0 Å². The zero-order valence-corrected chi connectivity index (χ0v) is 12.3. The van der Waals surface area contributed by atoms with Crippen molar-refractivity contribution < 1.29 is 14.3 Å². The summed E-state index contributed by atoms with van der Waals surface area (Å²) in [6, 6.07) is 0. The normalized spacial score (nSPS) is 18.6. The summed E-state index contributed by atoms with van der Waals surface area (Å²) >= 11 is 0. The Morgan fingerprint density at radius 3 is 2.56 bits per heavy atom. The Morgan fingerprint density at radius 1 is 1.44 bits per heavy atom. The summed E-state index contributed by atoms with van der Waals surface area (Å²) in [6.45, 7) is 10.5. The summed E-state index contributed by atoms with van der Waals surface area (Å²) < 4.78 is 11.2. The average molecular weight is 254 g/mol. The highest BCUT2D eigenvalue weighted by molar-refractivity contribution is 5.74. The number of hydrogen-bond donors (Lipinski definition) is 0. The Balaban J connectivity index is 2.37. The van der Waals surface area contributed by atoms with Crippen molar-refractivity contribution in [2.24, 2.45) is 5.92 Å². The molecule has 1 rings (SSSR count). The van der Waals surface area contributed by atoms with E-state index < -0.39 is 5.60 Å². The molecule has 0 heterocycles. The zero-order valence-electron chi connectivity index (χ0n) is 12.3. The highest BCUT2D eigenvalue weighted by Gasteiger charge is 2.33. The van der Waals surface area contributed by atoms with Crippen LogP contribution in [-0.2, 0) is 14.3 Å². The number of allylic oxidation sites excluding steroid dienone is 1. The molecular weight excluding hydrogens is 228 g/mol. The first kappa shape index (κ1) is 15.2. The molecule has 3 nitrogen and oxygen atoms in total. The van der Waals surface area contributed by atoms with Gasteiger partial charge in [0, 0.05) is 0 Å². The molecule has 1 saturated carbocycles. The molecule has 0 spiro atoms. The predicted molar refractivity (Wildman–Crippen MR) is 72.4 cm³/mol. The molecule has 1 atom stereocenters. The van der Waals surface area contributed by atoms with Crippen LogP contribution in [-0.4, -0.2) is 24.3 Å². The molecule has 104 valence electrons. The van der Waals surface area contributed by atoms with E-state index in [2.05, 4.69) is 19.9 Å². The van der Waals surface area contributed by atoms with E-state index in [4.69, 9.17) is 9.47 Å². The lowest BCUT2D eigenvalue weighted by Gasteiger charge is -2.29. The molecule has 0 aromatic rings. The fourth-order valence-electron chi connectivity index (χ4n) is 1.78. The lowest BCUT2D eigenvalue weighted by Crippen LogP contribution is -2.36. The van der Waals surface area contributed by atoms with E-state index >= 15 is 0 Å². The molecule has 0 aromatic carbocycles. The predicted octanol–water partition coefficient (Wildman–Crippen LogP) is 3.48. The minimum Gasteiger partial charge on any atom is -0.462 e. The molecule has 0 aliphatic heterocycles. The third-order valence-electron chi connectivity index (χ3n) is 3.14. The highest BCUT2D eigenvalue weighted by Crippen LogP contribution is 2.30. The molecule has 0 bridgehead atoms. The minimum absolute atomic E-state index is 0.0552. The summed E-state index contributed by atoms with van der Waals surface area (Å²) in [5, 5.41) is 0. The zero-order chi connectivity index (χ0) is 13.8. The van der Waals surface area contributed by atoms with Crippen LogP contribution in [0.15, 0.2) is 11.6 Å². The minimum atomic E-state index is -0.438. The van der Waals surface area contributed by atoms with Crippen molar-refractivity contribution in [3.8, 4) is 0 Å². The van der Waals surface area contributed by atoms with Crippen LogP contribution in [0.25, 0.3) is 0 Å². The van der Waals surface area contributed by atoms with Gasteiger partial charge in [0.05, 0.1) is 17.6 Å². The van der Waals surface area contributed by atoms with Gasteiger partial charge < -0.3 is 9.47 Å². The van der Waals surface area contributed by atoms with E-state index in [-0.39, 0.29) is 18.0 Å². The SMILES string of the molecule is CCC=C(C)[C@@H](C)OC(C)(C)COC(=O)C1CC1. The number of esters is 1. The lowest BCUT2D eigenvalue weighted by molar-refractivity contribution is -0.157. The highest BCUT2D eigenvalue weighted by atomic mass is 16.6. The molecule has 1 aliphatic rings. The van der Waals surface area contributed by atoms with E-state index in [9.17, 15) is 4.79 Å². The molecule has 0 unspecified atom stereocenters. The third kappa shape index (κ3) is 5.21. The first-order chi connectivity index (χ1) is 8.35. The molecule has 0 amide bonds. The summed E-state index contributed by atoms with van der Waals surface area (Å²) in [4.78, 5) is 11.5. The van der Waals surface area contributed by atoms with E-state index in [1.807, 2.05) is 20.8 Å². The Morgan fingerprint density at radius 2 is 2.06 bits per heavy atom. The average Bonchev–Trinajstić information content (AvgIpc) is 3.09. The van der Waals surface area contributed by atoms with Gasteiger partial charge in [-0.3, -0.25) is 4.79 Å². The van der Waals surface area contributed by atoms with Crippen LogP contribution in [0.4, 0.5) is 0 Å². The third-order valence-corrected chi connectivity index (χ3v) is 3.14. The van der Waals surface area contributed by atoms with Gasteiger partial charge in [-0.1, -0.05) is 13.0 Å². The van der Waals surface area contributed by atoms with Crippen LogP contribution in [0.5, 0.6) is 0 Å². The molecule has 0 aromatic heterocycles. The van der Waals surface area contributed by atoms with Crippen LogP contribution in [0.2, 0.25) is 0 Å². The van der Waals surface area contributed by atoms with Crippen LogP contribution < -0.4 is 0 Å². The standard InChI is InChI=1S/C15H26O3/c1-6-7-11(2)12(3)18-15(4,5)10-17-14(16)13-8-9-13/h7,12-13H,6,8-10H2,1-5H3/t12-/m1/s1. The van der Waals surface area contributed by atoms with Gasteiger partial charge in [0.25, 0.3) is 0 Å². The summed E-state index contributed by atoms with van der Waals surface area (Å²) in [5.74, 6) is 0.0834. The maximum atomic E-state index is 11.5. The Bertz CT molecular complexity index is 314. The Kier molecular flexibility index (Phi) is 5.39. The topological polar surface area (TPSA) is 35.5 Å². The monoisotopic (exact) mass is 254 g/mol. The van der Waals surface area contributed by atoms with Crippen molar-refractivity contribution in [1.29, 1.82) is 0 Å². The Hall–Kier alpha value is -0.830. The smallest absolute Gasteiger partial charge is 0.309 e. The fourth-order valence-corrected chi connectivity index (χ4v) is 1.78. The van der Waals surface area contributed by atoms with Crippen molar-refractivity contribution >= 4 is 5.97 Å². The van der Waals surface area contributed by atoms with Crippen molar-refractivity contribution in [2.45, 2.75) is 65.6 Å². The fraction of sp³-hybridized carbons (Fsp3) is 0.800. The van der Waals surface area contributed by atoms with Gasteiger partial charge in [-0.05, 0) is 52.5 Å². The van der Waals surface area contributed by atoms with Gasteiger partial charge in [0.2, 0.25) is 0 Å². The molecule has 1 aliphatic carbocycles. The van der Waals surface area contributed by atoms with Crippen LogP contribution >= 0.6 is 0 Å². The van der Waals surface area contributed by atoms with Gasteiger partial charge in [0.15, 0.2) is 0 Å². The van der Waals surface area contributed by atoms with Crippen molar-refractivity contribution in [1.82, 2.24) is 0 Å². The quantitative estimate of drug-likeness (QED) is 0.515.